The molecule has 2 aromatic heterocycles. The molecular formula is C23H25N5O2. The van der Waals surface area contributed by atoms with Crippen molar-refractivity contribution in [1.29, 1.82) is 0 Å². The summed E-state index contributed by atoms with van der Waals surface area (Å²) in [5.41, 5.74) is 9.55. The van der Waals surface area contributed by atoms with Gasteiger partial charge in [0.05, 0.1) is 19.2 Å². The molecule has 154 valence electrons. The zero-order valence-corrected chi connectivity index (χ0v) is 17.0. The summed E-state index contributed by atoms with van der Waals surface area (Å²) in [5, 5.41) is 0. The van der Waals surface area contributed by atoms with Crippen molar-refractivity contribution in [2.24, 2.45) is 0 Å². The zero-order chi connectivity index (χ0) is 20.9. The average molecular weight is 403 g/mol. The van der Waals surface area contributed by atoms with Crippen molar-refractivity contribution in [2.45, 2.75) is 25.2 Å². The average Bonchev–Trinajstić information content (AvgIpc) is 2.80. The first-order valence-electron chi connectivity index (χ1n) is 10.1. The van der Waals surface area contributed by atoms with E-state index in [1.807, 2.05) is 47.4 Å². The molecule has 1 aromatic carbocycles. The number of anilines is 1. The highest BCUT2D eigenvalue weighted by Crippen LogP contribution is 2.34. The number of piperidine rings is 1. The Morgan fingerprint density at radius 1 is 1.20 bits per heavy atom. The fourth-order valence-corrected chi connectivity index (χ4v) is 3.91. The van der Waals surface area contributed by atoms with Crippen molar-refractivity contribution >= 4 is 11.9 Å². The molecule has 3 heterocycles. The lowest BCUT2D eigenvalue weighted by Crippen LogP contribution is -2.40. The molecule has 0 unspecified atom stereocenters. The number of methoxy groups -OCH3 is 1. The summed E-state index contributed by atoms with van der Waals surface area (Å²) < 4.78 is 5.26. The molecule has 1 aliphatic rings. The lowest BCUT2D eigenvalue weighted by molar-refractivity contribution is -0.131. The molecule has 3 aromatic rings. The number of amides is 1. The van der Waals surface area contributed by atoms with Crippen LogP contribution in [0.4, 0.5) is 5.95 Å². The number of benzene rings is 1. The van der Waals surface area contributed by atoms with Crippen LogP contribution < -0.4 is 10.5 Å². The molecular weight excluding hydrogens is 378 g/mol. The summed E-state index contributed by atoms with van der Waals surface area (Å²) in [6.07, 6.45) is 5.67. The van der Waals surface area contributed by atoms with Gasteiger partial charge in [0.1, 0.15) is 5.75 Å². The Kier molecular flexibility index (Phi) is 5.88. The van der Waals surface area contributed by atoms with Gasteiger partial charge in [-0.3, -0.25) is 9.78 Å². The van der Waals surface area contributed by atoms with Gasteiger partial charge < -0.3 is 15.4 Å². The predicted octanol–water partition coefficient (Wildman–Crippen LogP) is 3.08. The van der Waals surface area contributed by atoms with Crippen molar-refractivity contribution in [3.05, 3.63) is 66.2 Å². The predicted molar refractivity (Wildman–Crippen MR) is 115 cm³/mol. The van der Waals surface area contributed by atoms with Crippen LogP contribution in [0.3, 0.4) is 0 Å². The van der Waals surface area contributed by atoms with Crippen molar-refractivity contribution in [2.75, 3.05) is 25.9 Å². The number of carbonyl (C=O) groups excluding carboxylic acids is 1. The van der Waals surface area contributed by atoms with E-state index < -0.39 is 0 Å². The molecule has 1 fully saturated rings. The van der Waals surface area contributed by atoms with Crippen LogP contribution in [0, 0.1) is 0 Å². The lowest BCUT2D eigenvalue weighted by Gasteiger charge is -2.33. The maximum atomic E-state index is 12.9. The van der Waals surface area contributed by atoms with Crippen LogP contribution in [0.25, 0.3) is 11.1 Å². The van der Waals surface area contributed by atoms with Gasteiger partial charge in [-0.15, -0.1) is 0 Å². The molecule has 1 aliphatic heterocycles. The molecule has 0 radical (unpaired) electrons. The van der Waals surface area contributed by atoms with E-state index in [0.717, 1.165) is 47.7 Å². The highest BCUT2D eigenvalue weighted by Gasteiger charge is 2.28. The summed E-state index contributed by atoms with van der Waals surface area (Å²) in [6.45, 7) is 1.37. The number of hydrogen-bond donors (Lipinski definition) is 1. The molecule has 0 aliphatic carbocycles. The number of rotatable bonds is 5. The molecule has 0 saturated carbocycles. The van der Waals surface area contributed by atoms with E-state index in [1.54, 1.807) is 19.5 Å². The monoisotopic (exact) mass is 403 g/mol. The van der Waals surface area contributed by atoms with Gasteiger partial charge in [0.15, 0.2) is 0 Å². The third-order valence-electron chi connectivity index (χ3n) is 5.46. The van der Waals surface area contributed by atoms with Crippen molar-refractivity contribution in [3.8, 4) is 16.9 Å². The fourth-order valence-electron chi connectivity index (χ4n) is 3.91. The van der Waals surface area contributed by atoms with Crippen LogP contribution in [0.2, 0.25) is 0 Å². The normalized spacial score (nSPS) is 16.3. The number of pyridine rings is 1. The van der Waals surface area contributed by atoms with Crippen LogP contribution in [0.1, 0.15) is 30.1 Å². The smallest absolute Gasteiger partial charge is 0.228 e. The summed E-state index contributed by atoms with van der Waals surface area (Å²) in [7, 11) is 1.64. The van der Waals surface area contributed by atoms with Crippen LogP contribution >= 0.6 is 0 Å². The largest absolute Gasteiger partial charge is 0.497 e. The number of aromatic nitrogens is 3. The molecule has 7 heteroatoms. The van der Waals surface area contributed by atoms with Gasteiger partial charge in [0.25, 0.3) is 0 Å². The Morgan fingerprint density at radius 3 is 2.77 bits per heavy atom. The molecule has 2 N–H and O–H groups in total. The molecule has 1 saturated heterocycles. The Balaban J connectivity index is 1.57. The van der Waals surface area contributed by atoms with Crippen molar-refractivity contribution < 1.29 is 9.53 Å². The first kappa shape index (κ1) is 19.8. The fraction of sp³-hybridized carbons (Fsp3) is 0.304. The molecule has 30 heavy (non-hydrogen) atoms. The summed E-state index contributed by atoms with van der Waals surface area (Å²) in [6, 6.07) is 13.4. The van der Waals surface area contributed by atoms with Crippen LogP contribution in [0.5, 0.6) is 5.75 Å². The number of hydrogen-bond acceptors (Lipinski definition) is 6. The third kappa shape index (κ3) is 4.40. The van der Waals surface area contributed by atoms with Crippen molar-refractivity contribution in [3.63, 3.8) is 0 Å². The standard InChI is InChI=1S/C23H25N5O2/c1-30-19-9-7-16(8-10-19)20-14-26-23(24)27-22(20)17-5-4-12-28(15-17)21(29)13-18-6-2-3-11-25-18/h2-3,6-11,14,17H,4-5,12-13,15H2,1H3,(H2,24,26,27)/t17-/m0/s1. The Labute approximate surface area is 175 Å². The third-order valence-corrected chi connectivity index (χ3v) is 5.46. The highest BCUT2D eigenvalue weighted by atomic mass is 16.5. The summed E-state index contributed by atoms with van der Waals surface area (Å²) >= 11 is 0. The maximum Gasteiger partial charge on any atom is 0.228 e. The minimum atomic E-state index is 0.0893. The zero-order valence-electron chi connectivity index (χ0n) is 17.0. The van der Waals surface area contributed by atoms with Gasteiger partial charge >= 0.3 is 0 Å². The van der Waals surface area contributed by atoms with Crippen LogP contribution in [-0.4, -0.2) is 46.0 Å². The van der Waals surface area contributed by atoms with E-state index in [9.17, 15) is 4.79 Å². The number of nitrogens with zero attached hydrogens (tertiary/aromatic N) is 4. The van der Waals surface area contributed by atoms with Gasteiger partial charge in [-0.25, -0.2) is 9.97 Å². The number of nitrogens with two attached hydrogens (primary N) is 1. The van der Waals surface area contributed by atoms with E-state index in [0.29, 0.717) is 13.0 Å². The summed E-state index contributed by atoms with van der Waals surface area (Å²) in [5.74, 6) is 1.24. The van der Waals surface area contributed by atoms with E-state index in [4.69, 9.17) is 10.5 Å². The van der Waals surface area contributed by atoms with Crippen LogP contribution in [0.15, 0.2) is 54.9 Å². The van der Waals surface area contributed by atoms with E-state index in [1.165, 1.54) is 0 Å². The highest BCUT2D eigenvalue weighted by molar-refractivity contribution is 5.78. The summed E-state index contributed by atoms with van der Waals surface area (Å²) in [4.78, 5) is 27.8. The van der Waals surface area contributed by atoms with Crippen LogP contribution in [-0.2, 0) is 11.2 Å². The van der Waals surface area contributed by atoms with Gasteiger partial charge in [0.2, 0.25) is 11.9 Å². The van der Waals surface area contributed by atoms with Gasteiger partial charge in [0, 0.05) is 42.7 Å². The SMILES string of the molecule is COc1ccc(-c2cnc(N)nc2[C@H]2CCCN(C(=O)Cc3ccccn3)C2)cc1. The second-order valence-corrected chi connectivity index (χ2v) is 7.43. The second kappa shape index (κ2) is 8.90. The van der Waals surface area contributed by atoms with Crippen molar-refractivity contribution in [1.82, 2.24) is 19.9 Å². The molecule has 4 rings (SSSR count). The Bertz CT molecular complexity index is 1010. The number of ether oxygens (including phenoxy) is 1. The van der Waals surface area contributed by atoms with Gasteiger partial charge in [-0.2, -0.15) is 0 Å². The number of carbonyl (C=O) groups is 1. The second-order valence-electron chi connectivity index (χ2n) is 7.43. The maximum absolute atomic E-state index is 12.9. The first-order chi connectivity index (χ1) is 14.6. The minimum Gasteiger partial charge on any atom is -0.497 e. The molecule has 7 nitrogen and oxygen atoms in total. The van der Waals surface area contributed by atoms with Gasteiger partial charge in [-0.05, 0) is 42.7 Å². The Hall–Kier alpha value is -3.48. The molecule has 0 spiro atoms. The molecule has 1 amide bonds. The topological polar surface area (TPSA) is 94.2 Å². The van der Waals surface area contributed by atoms with E-state index in [2.05, 4.69) is 15.0 Å². The first-order valence-corrected chi connectivity index (χ1v) is 10.1. The number of nitrogen functional groups attached to an aromatic ring is 1. The van der Waals surface area contributed by atoms with E-state index in [-0.39, 0.29) is 17.8 Å². The molecule has 1 atom stereocenters. The lowest BCUT2D eigenvalue weighted by atomic mass is 9.89. The number of likely N-dealkylation sites (tertiary alicyclic amines) is 1. The van der Waals surface area contributed by atoms with E-state index >= 15 is 0 Å². The quantitative estimate of drug-likeness (QED) is 0.704. The minimum absolute atomic E-state index is 0.0893. The van der Waals surface area contributed by atoms with Gasteiger partial charge in [-0.1, -0.05) is 18.2 Å². The molecule has 0 bridgehead atoms. The Morgan fingerprint density at radius 2 is 2.03 bits per heavy atom.